The van der Waals surface area contributed by atoms with Gasteiger partial charge in [0.25, 0.3) is 0 Å². The normalized spacial score (nSPS) is 20.7. The van der Waals surface area contributed by atoms with Gasteiger partial charge >= 0.3 is 5.97 Å². The number of carboxylic acids is 1. The highest BCUT2D eigenvalue weighted by Crippen LogP contribution is 2.31. The molecule has 2 rings (SSSR count). The Kier molecular flexibility index (Phi) is 7.22. The van der Waals surface area contributed by atoms with Gasteiger partial charge in [0.2, 0.25) is 5.91 Å². The summed E-state index contributed by atoms with van der Waals surface area (Å²) in [6, 6.07) is 0. The Labute approximate surface area is 153 Å². The lowest BCUT2D eigenvalue weighted by Gasteiger charge is -2.25. The van der Waals surface area contributed by atoms with Crippen LogP contribution < -0.4 is 10.6 Å². The average Bonchev–Trinajstić information content (AvgIpc) is 2.94. The number of aryl methyl sites for hydroxylation is 1. The van der Waals surface area contributed by atoms with Crippen LogP contribution in [-0.2, 0) is 9.59 Å². The number of nitrogens with zero attached hydrogens (tertiary/aromatic N) is 1. The van der Waals surface area contributed by atoms with E-state index >= 15 is 0 Å². The predicted molar refractivity (Wildman–Crippen MR) is 99.5 cm³/mol. The molecule has 1 saturated heterocycles. The number of rotatable bonds is 6. The molecule has 2 heterocycles. The molecule has 136 valence electrons. The van der Waals surface area contributed by atoms with Crippen LogP contribution >= 0.6 is 23.7 Å². The molecule has 1 amide bonds. The number of thiophene rings is 1. The van der Waals surface area contributed by atoms with Crippen molar-refractivity contribution in [3.8, 4) is 0 Å². The molecule has 1 aliphatic rings. The highest BCUT2D eigenvalue weighted by molar-refractivity contribution is 7.16. The van der Waals surface area contributed by atoms with Crippen molar-refractivity contribution in [2.45, 2.75) is 39.7 Å². The van der Waals surface area contributed by atoms with Gasteiger partial charge in [-0.2, -0.15) is 0 Å². The van der Waals surface area contributed by atoms with Crippen LogP contribution in [0.2, 0.25) is 0 Å². The van der Waals surface area contributed by atoms with E-state index in [0.29, 0.717) is 13.1 Å². The van der Waals surface area contributed by atoms with Crippen molar-refractivity contribution in [3.63, 3.8) is 0 Å². The number of likely N-dealkylation sites (tertiary alicyclic amines) is 1. The fourth-order valence-electron chi connectivity index (χ4n) is 2.85. The molecule has 0 radical (unpaired) electrons. The van der Waals surface area contributed by atoms with Gasteiger partial charge in [-0.15, -0.1) is 23.7 Å². The third kappa shape index (κ3) is 5.17. The van der Waals surface area contributed by atoms with Gasteiger partial charge in [0.1, 0.15) is 0 Å². The van der Waals surface area contributed by atoms with Gasteiger partial charge in [-0.3, -0.25) is 14.5 Å². The van der Waals surface area contributed by atoms with Crippen LogP contribution in [0.4, 0.5) is 5.00 Å². The molecule has 0 bridgehead atoms. The number of carbonyl (C=O) groups excluding carboxylic acids is 1. The van der Waals surface area contributed by atoms with Crippen LogP contribution in [0.3, 0.4) is 0 Å². The minimum Gasteiger partial charge on any atom is -0.480 e. The molecular formula is C16H26ClN3O3S. The van der Waals surface area contributed by atoms with Crippen LogP contribution in [0, 0.1) is 20.8 Å². The van der Waals surface area contributed by atoms with E-state index in [0.717, 1.165) is 23.5 Å². The molecule has 6 nitrogen and oxygen atoms in total. The summed E-state index contributed by atoms with van der Waals surface area (Å²) in [5.41, 5.74) is 2.12. The van der Waals surface area contributed by atoms with E-state index in [2.05, 4.69) is 29.4 Å². The zero-order chi connectivity index (χ0) is 17.2. The Morgan fingerprint density at radius 1 is 1.29 bits per heavy atom. The van der Waals surface area contributed by atoms with Gasteiger partial charge in [-0.25, -0.2) is 0 Å². The third-order valence-electron chi connectivity index (χ3n) is 4.53. The Balaban J connectivity index is 0.00000288. The van der Waals surface area contributed by atoms with Gasteiger partial charge in [-0.05, 0) is 45.2 Å². The molecule has 0 saturated carbocycles. The summed E-state index contributed by atoms with van der Waals surface area (Å²) in [7, 11) is 0. The second-order valence-electron chi connectivity index (χ2n) is 6.55. The zero-order valence-corrected chi connectivity index (χ0v) is 16.2. The van der Waals surface area contributed by atoms with E-state index in [1.807, 2.05) is 13.8 Å². The number of carboxylic acid groups (broad SMARTS) is 1. The Hall–Kier alpha value is -1.15. The SMILES string of the molecule is Cc1sc(NC(=O)CN2CCC(C)(NCC(=O)O)C2)c(C)c1C.Cl. The molecule has 1 aliphatic heterocycles. The maximum Gasteiger partial charge on any atom is 0.317 e. The van der Waals surface area contributed by atoms with E-state index in [4.69, 9.17) is 5.11 Å². The summed E-state index contributed by atoms with van der Waals surface area (Å²) >= 11 is 1.61. The second-order valence-corrected chi connectivity index (χ2v) is 7.78. The van der Waals surface area contributed by atoms with Crippen molar-refractivity contribution in [3.05, 3.63) is 16.0 Å². The van der Waals surface area contributed by atoms with Crippen LogP contribution in [0.15, 0.2) is 0 Å². The lowest BCUT2D eigenvalue weighted by molar-refractivity contribution is -0.136. The zero-order valence-electron chi connectivity index (χ0n) is 14.6. The smallest absolute Gasteiger partial charge is 0.317 e. The van der Waals surface area contributed by atoms with E-state index in [9.17, 15) is 9.59 Å². The number of aliphatic carboxylic acids is 1. The van der Waals surface area contributed by atoms with E-state index < -0.39 is 5.97 Å². The molecule has 1 unspecified atom stereocenters. The van der Waals surface area contributed by atoms with Crippen molar-refractivity contribution in [1.82, 2.24) is 10.2 Å². The first-order valence-corrected chi connectivity index (χ1v) is 8.57. The molecule has 0 aliphatic carbocycles. The minimum absolute atomic E-state index is 0. The van der Waals surface area contributed by atoms with Crippen LogP contribution in [0.1, 0.15) is 29.3 Å². The molecule has 24 heavy (non-hydrogen) atoms. The van der Waals surface area contributed by atoms with Gasteiger partial charge in [0.15, 0.2) is 0 Å². The maximum atomic E-state index is 12.3. The van der Waals surface area contributed by atoms with Crippen molar-refractivity contribution < 1.29 is 14.7 Å². The third-order valence-corrected chi connectivity index (χ3v) is 5.75. The highest BCUT2D eigenvalue weighted by Gasteiger charge is 2.34. The molecule has 1 aromatic rings. The fourth-order valence-corrected chi connectivity index (χ4v) is 3.94. The van der Waals surface area contributed by atoms with Crippen LogP contribution in [0.5, 0.6) is 0 Å². The van der Waals surface area contributed by atoms with Crippen molar-refractivity contribution in [1.29, 1.82) is 0 Å². The molecule has 1 atom stereocenters. The Morgan fingerprint density at radius 3 is 2.50 bits per heavy atom. The first-order chi connectivity index (χ1) is 10.7. The largest absolute Gasteiger partial charge is 0.480 e. The summed E-state index contributed by atoms with van der Waals surface area (Å²) in [5.74, 6) is -0.877. The maximum absolute atomic E-state index is 12.3. The summed E-state index contributed by atoms with van der Waals surface area (Å²) in [6.45, 7) is 9.90. The number of anilines is 1. The molecule has 1 aromatic heterocycles. The summed E-state index contributed by atoms with van der Waals surface area (Å²) in [4.78, 5) is 26.2. The van der Waals surface area contributed by atoms with E-state index in [1.165, 1.54) is 10.4 Å². The van der Waals surface area contributed by atoms with Crippen molar-refractivity contribution in [2.24, 2.45) is 0 Å². The van der Waals surface area contributed by atoms with Crippen LogP contribution in [-0.4, -0.2) is 53.6 Å². The minimum atomic E-state index is -0.860. The predicted octanol–water partition coefficient (Wildman–Crippen LogP) is 2.17. The fraction of sp³-hybridized carbons (Fsp3) is 0.625. The van der Waals surface area contributed by atoms with Gasteiger partial charge < -0.3 is 15.7 Å². The number of carbonyl (C=O) groups is 2. The quantitative estimate of drug-likeness (QED) is 0.710. The number of amides is 1. The van der Waals surface area contributed by atoms with E-state index in [1.54, 1.807) is 11.3 Å². The number of hydrogen-bond acceptors (Lipinski definition) is 5. The van der Waals surface area contributed by atoms with E-state index in [-0.39, 0.29) is 30.4 Å². The second kappa shape index (κ2) is 8.29. The van der Waals surface area contributed by atoms with Crippen molar-refractivity contribution in [2.75, 3.05) is 31.5 Å². The first kappa shape index (κ1) is 20.9. The molecule has 0 spiro atoms. The number of hydrogen-bond donors (Lipinski definition) is 3. The topological polar surface area (TPSA) is 81.7 Å². The Morgan fingerprint density at radius 2 is 1.96 bits per heavy atom. The lowest BCUT2D eigenvalue weighted by Crippen LogP contribution is -2.47. The number of nitrogens with one attached hydrogen (secondary N) is 2. The molecule has 3 N–H and O–H groups in total. The van der Waals surface area contributed by atoms with Crippen LogP contribution in [0.25, 0.3) is 0 Å². The number of halogens is 1. The molecule has 1 fully saturated rings. The molecule has 0 aromatic carbocycles. The Bertz CT molecular complexity index is 620. The van der Waals surface area contributed by atoms with Gasteiger partial charge in [-0.1, -0.05) is 0 Å². The average molecular weight is 376 g/mol. The lowest BCUT2D eigenvalue weighted by atomic mass is 10.0. The van der Waals surface area contributed by atoms with Gasteiger partial charge in [0, 0.05) is 23.5 Å². The first-order valence-electron chi connectivity index (χ1n) is 7.76. The standard InChI is InChI=1S/C16H25N3O3S.ClH/c1-10-11(2)15(23-12(10)3)18-13(20)8-19-6-5-16(4,9-19)17-7-14(21)22;/h17H,5-9H2,1-4H3,(H,18,20)(H,21,22);1H. The van der Waals surface area contributed by atoms with Gasteiger partial charge in [0.05, 0.1) is 18.1 Å². The monoisotopic (exact) mass is 375 g/mol. The highest BCUT2D eigenvalue weighted by atomic mass is 35.5. The summed E-state index contributed by atoms with van der Waals surface area (Å²) < 4.78 is 0. The molecular weight excluding hydrogens is 350 g/mol. The summed E-state index contributed by atoms with van der Waals surface area (Å²) in [6.07, 6.45) is 0.837. The van der Waals surface area contributed by atoms with Crippen molar-refractivity contribution >= 4 is 40.6 Å². The summed E-state index contributed by atoms with van der Waals surface area (Å²) in [5, 5.41) is 15.8. The molecule has 8 heteroatoms.